The lowest BCUT2D eigenvalue weighted by molar-refractivity contribution is 0.0706. The molecular formula is C10H24O3Si. The highest BCUT2D eigenvalue weighted by molar-refractivity contribution is 6.72. The van der Waals surface area contributed by atoms with Crippen molar-refractivity contribution in [3.05, 3.63) is 0 Å². The quantitative estimate of drug-likeness (QED) is 0.441. The Labute approximate surface area is 88.9 Å². The minimum Gasteiger partial charge on any atom is -0.420 e. The van der Waals surface area contributed by atoms with Crippen molar-refractivity contribution in [3.8, 4) is 0 Å². The van der Waals surface area contributed by atoms with Crippen LogP contribution in [0.4, 0.5) is 0 Å². The Balaban J connectivity index is 3.34. The zero-order chi connectivity index (χ0) is 10.9. The molecule has 0 rings (SSSR count). The van der Waals surface area contributed by atoms with Gasteiger partial charge in [-0.15, -0.1) is 0 Å². The standard InChI is InChI=1S/C10H24O3Si/c1-5-14(4,12-3)10-6-7-13-9-8-11-2/h5-10H2,1-4H3. The van der Waals surface area contributed by atoms with E-state index >= 15 is 0 Å². The van der Waals surface area contributed by atoms with Gasteiger partial charge in [-0.1, -0.05) is 6.92 Å². The Hall–Kier alpha value is 0.0969. The normalized spacial score (nSPS) is 15.4. The van der Waals surface area contributed by atoms with Crippen LogP contribution in [0.15, 0.2) is 0 Å². The molecule has 0 fully saturated rings. The van der Waals surface area contributed by atoms with Gasteiger partial charge in [0, 0.05) is 20.8 Å². The van der Waals surface area contributed by atoms with Gasteiger partial charge in [0.25, 0.3) is 0 Å². The van der Waals surface area contributed by atoms with Crippen molar-refractivity contribution in [1.82, 2.24) is 0 Å². The fourth-order valence-electron chi connectivity index (χ4n) is 1.22. The summed E-state index contributed by atoms with van der Waals surface area (Å²) < 4.78 is 15.9. The van der Waals surface area contributed by atoms with Crippen molar-refractivity contribution in [1.29, 1.82) is 0 Å². The summed E-state index contributed by atoms with van der Waals surface area (Å²) in [4.78, 5) is 0. The van der Waals surface area contributed by atoms with E-state index in [9.17, 15) is 0 Å². The molecule has 0 saturated heterocycles. The number of rotatable bonds is 9. The first-order valence-electron chi connectivity index (χ1n) is 5.30. The van der Waals surface area contributed by atoms with Gasteiger partial charge in [0.1, 0.15) is 0 Å². The van der Waals surface area contributed by atoms with Crippen molar-refractivity contribution in [2.45, 2.75) is 32.0 Å². The van der Waals surface area contributed by atoms with Crippen LogP contribution in [0.3, 0.4) is 0 Å². The van der Waals surface area contributed by atoms with E-state index < -0.39 is 8.32 Å². The zero-order valence-corrected chi connectivity index (χ0v) is 11.0. The number of hydrogen-bond donors (Lipinski definition) is 0. The van der Waals surface area contributed by atoms with Crippen LogP contribution in [0.5, 0.6) is 0 Å². The molecule has 0 aliphatic heterocycles. The molecule has 0 aromatic heterocycles. The third-order valence-electron chi connectivity index (χ3n) is 2.67. The lowest BCUT2D eigenvalue weighted by atomic mass is 10.5. The van der Waals surface area contributed by atoms with E-state index in [1.54, 1.807) is 7.11 Å². The second kappa shape index (κ2) is 8.41. The third kappa shape index (κ3) is 6.54. The van der Waals surface area contributed by atoms with Gasteiger partial charge in [-0.2, -0.15) is 0 Å². The van der Waals surface area contributed by atoms with Crippen LogP contribution >= 0.6 is 0 Å². The molecule has 0 amide bonds. The Morgan fingerprint density at radius 3 is 2.29 bits per heavy atom. The van der Waals surface area contributed by atoms with E-state index in [1.807, 2.05) is 7.11 Å². The van der Waals surface area contributed by atoms with Gasteiger partial charge in [-0.05, 0) is 25.1 Å². The second-order valence-electron chi connectivity index (χ2n) is 3.72. The van der Waals surface area contributed by atoms with Crippen LogP contribution in [0.1, 0.15) is 13.3 Å². The molecule has 3 nitrogen and oxygen atoms in total. The largest absolute Gasteiger partial charge is 0.420 e. The van der Waals surface area contributed by atoms with Gasteiger partial charge >= 0.3 is 0 Å². The van der Waals surface area contributed by atoms with Crippen molar-refractivity contribution in [2.75, 3.05) is 34.0 Å². The van der Waals surface area contributed by atoms with Crippen LogP contribution in [-0.4, -0.2) is 42.4 Å². The van der Waals surface area contributed by atoms with Crippen LogP contribution in [-0.2, 0) is 13.9 Å². The van der Waals surface area contributed by atoms with E-state index in [-0.39, 0.29) is 0 Å². The molecule has 0 N–H and O–H groups in total. The molecule has 0 heterocycles. The minimum absolute atomic E-state index is 0.687. The van der Waals surface area contributed by atoms with E-state index in [0.717, 1.165) is 13.0 Å². The molecule has 0 bridgehead atoms. The molecule has 4 heteroatoms. The highest BCUT2D eigenvalue weighted by Crippen LogP contribution is 2.17. The summed E-state index contributed by atoms with van der Waals surface area (Å²) in [6.45, 7) is 6.71. The fourth-order valence-corrected chi connectivity index (χ4v) is 2.95. The topological polar surface area (TPSA) is 27.7 Å². The van der Waals surface area contributed by atoms with Crippen molar-refractivity contribution < 1.29 is 13.9 Å². The van der Waals surface area contributed by atoms with Crippen LogP contribution < -0.4 is 0 Å². The van der Waals surface area contributed by atoms with E-state index in [4.69, 9.17) is 13.9 Å². The molecule has 1 unspecified atom stereocenters. The highest BCUT2D eigenvalue weighted by Gasteiger charge is 2.24. The van der Waals surface area contributed by atoms with Crippen molar-refractivity contribution >= 4 is 8.32 Å². The molecule has 0 aliphatic rings. The smallest absolute Gasteiger partial charge is 0.189 e. The molecule has 14 heavy (non-hydrogen) atoms. The molecular weight excluding hydrogens is 196 g/mol. The van der Waals surface area contributed by atoms with E-state index in [1.165, 1.54) is 12.1 Å². The average molecular weight is 220 g/mol. The lowest BCUT2D eigenvalue weighted by Gasteiger charge is -2.23. The van der Waals surface area contributed by atoms with E-state index in [0.29, 0.717) is 13.2 Å². The van der Waals surface area contributed by atoms with Gasteiger partial charge in [-0.25, -0.2) is 0 Å². The zero-order valence-electron chi connectivity index (χ0n) is 9.97. The van der Waals surface area contributed by atoms with Crippen molar-refractivity contribution in [2.24, 2.45) is 0 Å². The van der Waals surface area contributed by atoms with E-state index in [2.05, 4.69) is 13.5 Å². The number of methoxy groups -OCH3 is 1. The van der Waals surface area contributed by atoms with Crippen molar-refractivity contribution in [3.63, 3.8) is 0 Å². The molecule has 0 aliphatic carbocycles. The van der Waals surface area contributed by atoms with Gasteiger partial charge in [0.05, 0.1) is 13.2 Å². The molecule has 86 valence electrons. The first-order valence-corrected chi connectivity index (χ1v) is 8.12. The van der Waals surface area contributed by atoms with Crippen LogP contribution in [0.2, 0.25) is 18.6 Å². The number of hydrogen-bond acceptors (Lipinski definition) is 3. The minimum atomic E-state index is -1.38. The maximum Gasteiger partial charge on any atom is 0.189 e. The second-order valence-corrected chi connectivity index (χ2v) is 8.23. The first kappa shape index (κ1) is 14.1. The maximum atomic E-state index is 5.57. The lowest BCUT2D eigenvalue weighted by Crippen LogP contribution is -2.32. The Morgan fingerprint density at radius 2 is 1.79 bits per heavy atom. The monoisotopic (exact) mass is 220 g/mol. The molecule has 0 aromatic rings. The SMILES string of the molecule is CC[Si](C)(CCCOCCOC)OC. The summed E-state index contributed by atoms with van der Waals surface area (Å²) in [5, 5.41) is 0. The molecule has 0 saturated carbocycles. The summed E-state index contributed by atoms with van der Waals surface area (Å²) in [7, 11) is 2.15. The van der Waals surface area contributed by atoms with Crippen LogP contribution in [0, 0.1) is 0 Å². The van der Waals surface area contributed by atoms with Gasteiger partial charge in [0.15, 0.2) is 8.32 Å². The highest BCUT2D eigenvalue weighted by atomic mass is 28.4. The predicted octanol–water partition coefficient (Wildman–Crippen LogP) is 2.28. The predicted molar refractivity (Wildman–Crippen MR) is 61.2 cm³/mol. The fraction of sp³-hybridized carbons (Fsp3) is 1.00. The molecule has 0 spiro atoms. The Morgan fingerprint density at radius 1 is 1.07 bits per heavy atom. The summed E-state index contributed by atoms with van der Waals surface area (Å²) in [5.41, 5.74) is 0. The molecule has 0 aromatic carbocycles. The average Bonchev–Trinajstić information content (AvgIpc) is 2.23. The first-order chi connectivity index (χ1) is 6.68. The maximum absolute atomic E-state index is 5.57. The molecule has 0 radical (unpaired) electrons. The Bertz CT molecular complexity index is 127. The molecule has 1 atom stereocenters. The number of ether oxygens (including phenoxy) is 2. The summed E-state index contributed by atoms with van der Waals surface area (Å²) in [6, 6.07) is 2.37. The van der Waals surface area contributed by atoms with Gasteiger partial charge in [-0.3, -0.25) is 0 Å². The summed E-state index contributed by atoms with van der Waals surface area (Å²) >= 11 is 0. The van der Waals surface area contributed by atoms with Gasteiger partial charge < -0.3 is 13.9 Å². The Kier molecular flexibility index (Phi) is 8.47. The van der Waals surface area contributed by atoms with Gasteiger partial charge in [0.2, 0.25) is 0 Å². The summed E-state index contributed by atoms with van der Waals surface area (Å²) in [6.07, 6.45) is 1.11. The third-order valence-corrected chi connectivity index (χ3v) is 6.56. The summed E-state index contributed by atoms with van der Waals surface area (Å²) in [5.74, 6) is 0. The van der Waals surface area contributed by atoms with Crippen LogP contribution in [0.25, 0.3) is 0 Å².